The maximum absolute atomic E-state index is 13.2. The summed E-state index contributed by atoms with van der Waals surface area (Å²) in [5.41, 5.74) is 1.20. The third-order valence-electron chi connectivity index (χ3n) is 6.92. The Bertz CT molecular complexity index is 1380. The van der Waals surface area contributed by atoms with Crippen LogP contribution in [-0.2, 0) is 10.0 Å². The zero-order valence-electron chi connectivity index (χ0n) is 19.6. The molecule has 0 spiro atoms. The van der Waals surface area contributed by atoms with E-state index in [-0.39, 0.29) is 23.5 Å². The zero-order valence-corrected chi connectivity index (χ0v) is 20.4. The summed E-state index contributed by atoms with van der Waals surface area (Å²) in [6.45, 7) is 2.35. The molecule has 3 aliphatic heterocycles. The van der Waals surface area contributed by atoms with Gasteiger partial charge in [-0.3, -0.25) is 4.79 Å². The zero-order chi connectivity index (χ0) is 24.7. The highest BCUT2D eigenvalue weighted by molar-refractivity contribution is 7.89. The second-order valence-corrected chi connectivity index (χ2v) is 11.2. The van der Waals surface area contributed by atoms with Crippen LogP contribution in [0, 0.1) is 0 Å². The van der Waals surface area contributed by atoms with Crippen molar-refractivity contribution in [3.8, 4) is 23.0 Å². The summed E-state index contributed by atoms with van der Waals surface area (Å²) in [5, 5.41) is 8.46. The highest BCUT2D eigenvalue weighted by Gasteiger charge is 2.31. The lowest BCUT2D eigenvalue weighted by molar-refractivity contribution is 0.0698. The third kappa shape index (κ3) is 4.22. The van der Waals surface area contributed by atoms with Gasteiger partial charge in [-0.05, 0) is 68.1 Å². The van der Waals surface area contributed by atoms with Gasteiger partial charge in [0.25, 0.3) is 5.91 Å². The normalized spacial score (nSPS) is 20.1. The summed E-state index contributed by atoms with van der Waals surface area (Å²) in [4.78, 5) is 15.2. The molecule has 6 rings (SSSR count). The van der Waals surface area contributed by atoms with Crippen LogP contribution < -0.4 is 9.47 Å². The number of piperidine rings is 1. The Labute approximate surface area is 208 Å². The van der Waals surface area contributed by atoms with Crippen LogP contribution in [0.4, 0.5) is 0 Å². The van der Waals surface area contributed by atoms with Crippen molar-refractivity contribution in [2.24, 2.45) is 0 Å². The summed E-state index contributed by atoms with van der Waals surface area (Å²) >= 11 is 0. The highest BCUT2D eigenvalue weighted by atomic mass is 32.2. The van der Waals surface area contributed by atoms with E-state index in [0.717, 1.165) is 31.2 Å². The first kappa shape index (κ1) is 23.0. The standard InChI is InChI=1S/C25H26N4O6S/c30-25(17-5-8-20(9-6-17)36(31,32)29-12-1-2-13-29)28-11-3-4-19(15-28)24-27-26-23(35-24)18-7-10-21-22(14-18)34-16-33-21/h5-10,14,19H,1-4,11-13,15-16H2. The fourth-order valence-corrected chi connectivity index (χ4v) is 6.46. The minimum Gasteiger partial charge on any atom is -0.454 e. The van der Waals surface area contributed by atoms with E-state index >= 15 is 0 Å². The molecule has 0 N–H and O–H groups in total. The van der Waals surface area contributed by atoms with Crippen molar-refractivity contribution in [3.63, 3.8) is 0 Å². The van der Waals surface area contributed by atoms with Crippen molar-refractivity contribution >= 4 is 15.9 Å². The topological polar surface area (TPSA) is 115 Å². The molecule has 2 aromatic carbocycles. The number of benzene rings is 2. The van der Waals surface area contributed by atoms with Gasteiger partial charge in [0, 0.05) is 37.3 Å². The van der Waals surface area contributed by atoms with E-state index in [4.69, 9.17) is 13.9 Å². The van der Waals surface area contributed by atoms with Crippen molar-refractivity contribution < 1.29 is 27.1 Å². The number of hydrogen-bond donors (Lipinski definition) is 0. The Balaban J connectivity index is 1.14. The number of fused-ring (bicyclic) bond motifs is 1. The smallest absolute Gasteiger partial charge is 0.253 e. The lowest BCUT2D eigenvalue weighted by Gasteiger charge is -2.31. The van der Waals surface area contributed by atoms with Crippen LogP contribution in [0.5, 0.6) is 11.5 Å². The van der Waals surface area contributed by atoms with Crippen LogP contribution in [0.1, 0.15) is 47.8 Å². The van der Waals surface area contributed by atoms with E-state index in [2.05, 4.69) is 10.2 Å². The van der Waals surface area contributed by atoms with Crippen LogP contribution in [0.3, 0.4) is 0 Å². The minimum atomic E-state index is -3.51. The number of amides is 1. The maximum atomic E-state index is 13.2. The monoisotopic (exact) mass is 510 g/mol. The van der Waals surface area contributed by atoms with Crippen molar-refractivity contribution in [3.05, 3.63) is 53.9 Å². The van der Waals surface area contributed by atoms with Crippen LogP contribution >= 0.6 is 0 Å². The molecule has 1 aromatic heterocycles. The van der Waals surface area contributed by atoms with Crippen LogP contribution in [0.25, 0.3) is 11.5 Å². The van der Waals surface area contributed by atoms with Crippen molar-refractivity contribution in [1.29, 1.82) is 0 Å². The number of likely N-dealkylation sites (tertiary alicyclic amines) is 1. The summed E-state index contributed by atoms with van der Waals surface area (Å²) in [6.07, 6.45) is 3.40. The average Bonchev–Trinajstić information content (AvgIpc) is 3.69. The number of aromatic nitrogens is 2. The quantitative estimate of drug-likeness (QED) is 0.514. The van der Waals surface area contributed by atoms with E-state index in [1.807, 2.05) is 18.2 Å². The van der Waals surface area contributed by atoms with Gasteiger partial charge in [-0.15, -0.1) is 10.2 Å². The lowest BCUT2D eigenvalue weighted by atomic mass is 9.97. The largest absolute Gasteiger partial charge is 0.454 e. The molecule has 1 amide bonds. The maximum Gasteiger partial charge on any atom is 0.253 e. The molecule has 4 heterocycles. The molecule has 188 valence electrons. The minimum absolute atomic E-state index is 0.0761. The molecule has 0 radical (unpaired) electrons. The number of carbonyl (C=O) groups excluding carboxylic acids is 1. The average molecular weight is 511 g/mol. The Kier molecular flexibility index (Phi) is 5.88. The molecule has 2 saturated heterocycles. The van der Waals surface area contributed by atoms with Gasteiger partial charge in [-0.1, -0.05) is 0 Å². The molecule has 2 fully saturated rings. The van der Waals surface area contributed by atoms with Crippen LogP contribution in [-0.4, -0.2) is 66.7 Å². The molecular weight excluding hydrogens is 484 g/mol. The molecule has 0 bridgehead atoms. The van der Waals surface area contributed by atoms with Gasteiger partial charge in [-0.2, -0.15) is 4.31 Å². The summed E-state index contributed by atoms with van der Waals surface area (Å²) in [5.74, 6) is 1.99. The number of rotatable bonds is 5. The van der Waals surface area contributed by atoms with Gasteiger partial charge in [0.15, 0.2) is 11.5 Å². The van der Waals surface area contributed by atoms with Gasteiger partial charge >= 0.3 is 0 Å². The van der Waals surface area contributed by atoms with E-state index in [1.54, 1.807) is 17.0 Å². The predicted octanol–water partition coefficient (Wildman–Crippen LogP) is 3.27. The SMILES string of the molecule is O=C(c1ccc(S(=O)(=O)N2CCCC2)cc1)N1CCCC(c2nnc(-c3ccc4c(c3)OCO4)o2)C1. The molecule has 3 aliphatic rings. The summed E-state index contributed by atoms with van der Waals surface area (Å²) in [6, 6.07) is 11.7. The first-order chi connectivity index (χ1) is 17.5. The van der Waals surface area contributed by atoms with E-state index in [9.17, 15) is 13.2 Å². The second-order valence-electron chi connectivity index (χ2n) is 9.24. The van der Waals surface area contributed by atoms with Crippen LogP contribution in [0.15, 0.2) is 51.8 Å². The fraction of sp³-hybridized carbons (Fsp3) is 0.400. The first-order valence-corrected chi connectivity index (χ1v) is 13.6. The number of hydrogen-bond acceptors (Lipinski definition) is 8. The van der Waals surface area contributed by atoms with Gasteiger partial charge in [0.05, 0.1) is 10.8 Å². The van der Waals surface area contributed by atoms with Gasteiger partial charge in [-0.25, -0.2) is 8.42 Å². The third-order valence-corrected chi connectivity index (χ3v) is 8.83. The Morgan fingerprint density at radius 3 is 2.50 bits per heavy atom. The van der Waals surface area contributed by atoms with E-state index in [1.165, 1.54) is 16.4 Å². The number of ether oxygens (including phenoxy) is 2. The lowest BCUT2D eigenvalue weighted by Crippen LogP contribution is -2.39. The Morgan fingerprint density at radius 1 is 0.917 bits per heavy atom. The molecule has 3 aromatic rings. The molecule has 10 nitrogen and oxygen atoms in total. The van der Waals surface area contributed by atoms with E-state index < -0.39 is 10.0 Å². The molecule has 11 heteroatoms. The molecule has 1 atom stereocenters. The number of carbonyl (C=O) groups is 1. The summed E-state index contributed by atoms with van der Waals surface area (Å²) < 4.78 is 43.8. The number of sulfonamides is 1. The van der Waals surface area contributed by atoms with Crippen molar-refractivity contribution in [1.82, 2.24) is 19.4 Å². The first-order valence-electron chi connectivity index (χ1n) is 12.1. The molecule has 0 saturated carbocycles. The van der Waals surface area contributed by atoms with Crippen LogP contribution in [0.2, 0.25) is 0 Å². The van der Waals surface area contributed by atoms with Gasteiger partial charge < -0.3 is 18.8 Å². The molecule has 1 unspecified atom stereocenters. The fourth-order valence-electron chi connectivity index (χ4n) is 4.94. The highest BCUT2D eigenvalue weighted by Crippen LogP contribution is 2.36. The summed E-state index contributed by atoms with van der Waals surface area (Å²) in [7, 11) is -3.51. The number of nitrogens with zero attached hydrogens (tertiary/aromatic N) is 4. The Morgan fingerprint density at radius 2 is 1.69 bits per heavy atom. The molecule has 0 aliphatic carbocycles. The van der Waals surface area contributed by atoms with Crippen molar-refractivity contribution in [2.75, 3.05) is 33.0 Å². The molecule has 36 heavy (non-hydrogen) atoms. The molecular formula is C25H26N4O6S. The van der Waals surface area contributed by atoms with Crippen molar-refractivity contribution in [2.45, 2.75) is 36.5 Å². The van der Waals surface area contributed by atoms with E-state index in [0.29, 0.717) is 55.0 Å². The van der Waals surface area contributed by atoms with Gasteiger partial charge in [0.1, 0.15) is 0 Å². The Hall–Kier alpha value is -3.44. The predicted molar refractivity (Wildman–Crippen MR) is 128 cm³/mol. The second kappa shape index (κ2) is 9.21. The van der Waals surface area contributed by atoms with Gasteiger partial charge in [0.2, 0.25) is 28.6 Å².